The average molecular weight is 586 g/mol. The lowest BCUT2D eigenvalue weighted by molar-refractivity contribution is -0.142. The van der Waals surface area contributed by atoms with Gasteiger partial charge in [-0.05, 0) is 65.1 Å². The number of para-hydroxylation sites is 1. The molecular formula is C36H31N3O5. The van der Waals surface area contributed by atoms with E-state index in [0.717, 1.165) is 5.56 Å². The van der Waals surface area contributed by atoms with Crippen molar-refractivity contribution < 1.29 is 23.9 Å². The first-order valence-electron chi connectivity index (χ1n) is 14.1. The average Bonchev–Trinajstić information content (AvgIpc) is 3.28. The van der Waals surface area contributed by atoms with Crippen LogP contribution in [0.1, 0.15) is 35.4 Å². The Bertz CT molecular complexity index is 1750. The summed E-state index contributed by atoms with van der Waals surface area (Å²) in [5.41, 5.74) is -1.52. The quantitative estimate of drug-likeness (QED) is 0.318. The van der Waals surface area contributed by atoms with Gasteiger partial charge in [0.15, 0.2) is 11.2 Å². The van der Waals surface area contributed by atoms with Crippen molar-refractivity contribution in [1.82, 2.24) is 0 Å². The molecule has 0 N–H and O–H groups in total. The van der Waals surface area contributed by atoms with Crippen LogP contribution in [-0.4, -0.2) is 38.7 Å². The van der Waals surface area contributed by atoms with Gasteiger partial charge in [0.2, 0.25) is 5.91 Å². The minimum absolute atomic E-state index is 0.0972. The van der Waals surface area contributed by atoms with Gasteiger partial charge in [0, 0.05) is 31.0 Å². The van der Waals surface area contributed by atoms with Crippen molar-refractivity contribution >= 4 is 29.2 Å². The Hall–Kier alpha value is -5.47. The second kappa shape index (κ2) is 11.7. The minimum Gasteiger partial charge on any atom is -0.497 e. The highest BCUT2D eigenvalue weighted by atomic mass is 16.5. The highest BCUT2D eigenvalue weighted by molar-refractivity contribution is 6.14. The second-order valence-corrected chi connectivity index (χ2v) is 11.0. The molecule has 1 fully saturated rings. The number of carbonyl (C=O) groups is 3. The van der Waals surface area contributed by atoms with Crippen LogP contribution in [0.4, 0.5) is 5.69 Å². The maximum atomic E-state index is 14.5. The fourth-order valence-corrected chi connectivity index (χ4v) is 6.77. The highest BCUT2D eigenvalue weighted by Crippen LogP contribution is 2.65. The topological polar surface area (TPSA) is 120 Å². The fourth-order valence-electron chi connectivity index (χ4n) is 6.77. The molecule has 0 bridgehead atoms. The normalized spacial score (nSPS) is 21.9. The van der Waals surface area contributed by atoms with Crippen LogP contribution in [0, 0.1) is 34.0 Å². The van der Waals surface area contributed by atoms with Crippen molar-refractivity contribution in [3.8, 4) is 23.6 Å². The number of methoxy groups -OCH3 is 2. The number of benzene rings is 3. The lowest BCUT2D eigenvalue weighted by atomic mass is 9.44. The Morgan fingerprint density at radius 2 is 1.57 bits per heavy atom. The number of amides is 1. The number of carbonyl (C=O) groups excluding carboxylic acids is 3. The SMILES string of the molecule is C=C(C[C@H]1C(=O)C[C@H](c2ccc(OC)cc2)C(C#N)(C#N)[C@@]12C(=O)N(C)c1ccccc12)C(=O)/C=C/c1ccc(OC)cc1. The molecule has 2 aliphatic rings. The van der Waals surface area contributed by atoms with Gasteiger partial charge >= 0.3 is 0 Å². The number of nitrogens with zero attached hydrogens (tertiary/aromatic N) is 3. The monoisotopic (exact) mass is 585 g/mol. The molecule has 3 aromatic carbocycles. The number of hydrogen-bond donors (Lipinski definition) is 0. The molecule has 1 heterocycles. The number of rotatable bonds is 8. The Morgan fingerprint density at radius 1 is 0.977 bits per heavy atom. The lowest BCUT2D eigenvalue weighted by Gasteiger charge is -2.51. The van der Waals surface area contributed by atoms with Crippen molar-refractivity contribution in [2.45, 2.75) is 24.2 Å². The summed E-state index contributed by atoms with van der Waals surface area (Å²) in [5, 5.41) is 21.9. The number of ether oxygens (including phenoxy) is 2. The van der Waals surface area contributed by atoms with Gasteiger partial charge in [-0.15, -0.1) is 0 Å². The van der Waals surface area contributed by atoms with Gasteiger partial charge in [-0.2, -0.15) is 10.5 Å². The van der Waals surface area contributed by atoms with Crippen LogP contribution in [0.15, 0.2) is 91.0 Å². The van der Waals surface area contributed by atoms with E-state index in [9.17, 15) is 24.9 Å². The second-order valence-electron chi connectivity index (χ2n) is 11.0. The third-order valence-corrected chi connectivity index (χ3v) is 9.01. The van der Waals surface area contributed by atoms with Crippen LogP contribution in [0.5, 0.6) is 11.5 Å². The van der Waals surface area contributed by atoms with Crippen LogP contribution in [0.2, 0.25) is 0 Å². The molecule has 0 radical (unpaired) electrons. The van der Waals surface area contributed by atoms with Gasteiger partial charge in [-0.1, -0.05) is 55.1 Å². The first-order valence-corrected chi connectivity index (χ1v) is 14.1. The third kappa shape index (κ3) is 4.47. The number of nitriles is 2. The lowest BCUT2D eigenvalue weighted by Crippen LogP contribution is -2.63. The molecule has 0 unspecified atom stereocenters. The summed E-state index contributed by atoms with van der Waals surface area (Å²) < 4.78 is 10.5. The smallest absolute Gasteiger partial charge is 0.240 e. The molecule has 1 spiro atoms. The van der Waals surface area contributed by atoms with Crippen molar-refractivity contribution in [1.29, 1.82) is 10.5 Å². The molecular weight excluding hydrogens is 554 g/mol. The largest absolute Gasteiger partial charge is 0.497 e. The molecule has 1 saturated carbocycles. The van der Waals surface area contributed by atoms with Crippen LogP contribution < -0.4 is 14.4 Å². The molecule has 0 saturated heterocycles. The first kappa shape index (κ1) is 30.0. The van der Waals surface area contributed by atoms with E-state index in [1.807, 2.05) is 0 Å². The Morgan fingerprint density at radius 3 is 2.16 bits per heavy atom. The molecule has 3 aromatic rings. The number of allylic oxidation sites excluding steroid dienone is 2. The summed E-state index contributed by atoms with van der Waals surface area (Å²) in [6.45, 7) is 4.00. The summed E-state index contributed by atoms with van der Waals surface area (Å²) in [4.78, 5) is 43.5. The zero-order valence-electron chi connectivity index (χ0n) is 24.7. The van der Waals surface area contributed by atoms with E-state index in [2.05, 4.69) is 18.7 Å². The summed E-state index contributed by atoms with van der Waals surface area (Å²) in [6, 6.07) is 25.4. The van der Waals surface area contributed by atoms with E-state index in [1.54, 1.807) is 93.0 Å². The summed E-state index contributed by atoms with van der Waals surface area (Å²) in [5.74, 6) is -2.13. The van der Waals surface area contributed by atoms with Gasteiger partial charge in [0.05, 0.1) is 26.4 Å². The maximum absolute atomic E-state index is 14.5. The van der Waals surface area contributed by atoms with Crippen molar-refractivity contribution in [2.75, 3.05) is 26.2 Å². The summed E-state index contributed by atoms with van der Waals surface area (Å²) in [7, 11) is 4.67. The van der Waals surface area contributed by atoms with Crippen molar-refractivity contribution in [3.05, 3.63) is 108 Å². The van der Waals surface area contributed by atoms with E-state index in [1.165, 1.54) is 18.1 Å². The predicted molar refractivity (Wildman–Crippen MR) is 165 cm³/mol. The molecule has 0 aromatic heterocycles. The zero-order chi connectivity index (χ0) is 31.6. The third-order valence-electron chi connectivity index (χ3n) is 9.01. The zero-order valence-corrected chi connectivity index (χ0v) is 24.7. The van der Waals surface area contributed by atoms with E-state index in [0.29, 0.717) is 28.3 Å². The Kier molecular flexibility index (Phi) is 7.95. The molecule has 3 atom stereocenters. The Labute approximate surface area is 256 Å². The summed E-state index contributed by atoms with van der Waals surface area (Å²) >= 11 is 0. The number of ketones is 2. The number of likely N-dealkylation sites (N-methyl/N-ethyl adjacent to an activating group) is 1. The predicted octanol–water partition coefficient (Wildman–Crippen LogP) is 5.55. The molecule has 8 heteroatoms. The minimum atomic E-state index is -1.99. The van der Waals surface area contributed by atoms with Gasteiger partial charge in [-0.25, -0.2) is 0 Å². The Balaban J connectivity index is 1.62. The van der Waals surface area contributed by atoms with Crippen LogP contribution >= 0.6 is 0 Å². The fraction of sp³-hybridized carbons (Fsp3) is 0.250. The van der Waals surface area contributed by atoms with Crippen molar-refractivity contribution in [3.63, 3.8) is 0 Å². The molecule has 44 heavy (non-hydrogen) atoms. The van der Waals surface area contributed by atoms with Gasteiger partial charge in [0.25, 0.3) is 0 Å². The number of anilines is 1. The van der Waals surface area contributed by atoms with Gasteiger partial charge in [0.1, 0.15) is 22.7 Å². The molecule has 5 rings (SSSR count). The number of fused-ring (bicyclic) bond motifs is 2. The highest BCUT2D eigenvalue weighted by Gasteiger charge is 2.73. The van der Waals surface area contributed by atoms with Crippen LogP contribution in [0.3, 0.4) is 0 Å². The summed E-state index contributed by atoms with van der Waals surface area (Å²) in [6.07, 6.45) is 2.63. The van der Waals surface area contributed by atoms with E-state index < -0.39 is 34.4 Å². The van der Waals surface area contributed by atoms with E-state index >= 15 is 0 Å². The van der Waals surface area contributed by atoms with Crippen LogP contribution in [-0.2, 0) is 19.8 Å². The number of Topliss-reactive ketones (excluding diaryl/α,β-unsaturated/α-hetero) is 1. The van der Waals surface area contributed by atoms with E-state index in [4.69, 9.17) is 9.47 Å². The van der Waals surface area contributed by atoms with Gasteiger partial charge < -0.3 is 14.4 Å². The molecule has 1 aliphatic heterocycles. The van der Waals surface area contributed by atoms with E-state index in [-0.39, 0.29) is 24.2 Å². The molecule has 8 nitrogen and oxygen atoms in total. The van der Waals surface area contributed by atoms with Gasteiger partial charge in [-0.3, -0.25) is 14.4 Å². The van der Waals surface area contributed by atoms with Crippen molar-refractivity contribution in [2.24, 2.45) is 11.3 Å². The first-order chi connectivity index (χ1) is 21.2. The standard InChI is InChI=1S/C36H31N3O5/c1-23(32(40)18-11-24-9-14-26(43-3)15-10-24)19-30-33(41)20-29(25-12-16-27(44-4)17-13-25)35(21-37,22-38)36(30)28-7-5-6-8-31(28)39(2)34(36)42/h5-18,29-30H,1,19-20H2,2-4H3/b18-11+/t29-,30+,36-/m1/s1. The number of hydrogen-bond acceptors (Lipinski definition) is 7. The molecule has 1 aliphatic carbocycles. The molecule has 1 amide bonds. The maximum Gasteiger partial charge on any atom is 0.240 e. The van der Waals surface area contributed by atoms with Crippen LogP contribution in [0.25, 0.3) is 6.08 Å². The molecule has 220 valence electrons.